The van der Waals surface area contributed by atoms with Crippen LogP contribution in [0.2, 0.25) is 10.0 Å². The number of rotatable bonds is 3. The Morgan fingerprint density at radius 2 is 1.95 bits per heavy atom. The highest BCUT2D eigenvalue weighted by atomic mass is 35.5. The minimum absolute atomic E-state index is 0.411. The summed E-state index contributed by atoms with van der Waals surface area (Å²) in [5, 5.41) is 9.95. The minimum atomic E-state index is -0.882. The molecule has 4 nitrogen and oxygen atoms in total. The number of hydrogen-bond acceptors (Lipinski definition) is 3. The molecule has 0 bridgehead atoms. The third-order valence-corrected chi connectivity index (χ3v) is 4.19. The average molecular weight is 336 g/mol. The van der Waals surface area contributed by atoms with E-state index in [2.05, 4.69) is 4.98 Å². The lowest BCUT2D eigenvalue weighted by Crippen LogP contribution is -2.06. The van der Waals surface area contributed by atoms with Crippen LogP contribution in [0.25, 0.3) is 22.6 Å². The van der Waals surface area contributed by atoms with E-state index in [1.165, 1.54) is 0 Å². The van der Waals surface area contributed by atoms with Crippen LogP contribution in [0.1, 0.15) is 18.4 Å². The molecule has 1 atom stereocenters. The van der Waals surface area contributed by atoms with Crippen molar-refractivity contribution < 1.29 is 14.3 Å². The number of hydrogen-bond donors (Lipinski definition) is 1. The van der Waals surface area contributed by atoms with Crippen molar-refractivity contribution in [2.75, 3.05) is 0 Å². The summed E-state index contributed by atoms with van der Waals surface area (Å²) in [6, 6.07) is 10.3. The number of aromatic nitrogens is 1. The Morgan fingerprint density at radius 1 is 1.18 bits per heavy atom. The van der Waals surface area contributed by atoms with Gasteiger partial charge >= 0.3 is 5.97 Å². The number of carboxylic acid groups (broad SMARTS) is 1. The normalized spacial score (nSPS) is 12.5. The Kier molecular flexibility index (Phi) is 3.81. The number of carbonyl (C=O) groups is 1. The van der Waals surface area contributed by atoms with Crippen molar-refractivity contribution in [3.8, 4) is 11.5 Å². The molecule has 1 heterocycles. The van der Waals surface area contributed by atoms with Gasteiger partial charge in [-0.1, -0.05) is 29.3 Å². The molecule has 1 unspecified atom stereocenters. The Labute approximate surface area is 136 Å². The minimum Gasteiger partial charge on any atom is -0.481 e. The zero-order valence-electron chi connectivity index (χ0n) is 11.5. The maximum absolute atomic E-state index is 11.1. The van der Waals surface area contributed by atoms with Gasteiger partial charge in [0.25, 0.3) is 0 Å². The fourth-order valence-corrected chi connectivity index (χ4v) is 2.41. The van der Waals surface area contributed by atoms with Gasteiger partial charge in [0, 0.05) is 5.56 Å². The van der Waals surface area contributed by atoms with E-state index in [0.29, 0.717) is 38.2 Å². The lowest BCUT2D eigenvalue weighted by molar-refractivity contribution is -0.138. The molecule has 6 heteroatoms. The van der Waals surface area contributed by atoms with E-state index in [-0.39, 0.29) is 0 Å². The smallest absolute Gasteiger partial charge is 0.310 e. The molecule has 0 fully saturated rings. The summed E-state index contributed by atoms with van der Waals surface area (Å²) in [4.78, 5) is 15.5. The predicted octanol–water partition coefficient (Wildman–Crippen LogP) is 4.99. The summed E-state index contributed by atoms with van der Waals surface area (Å²) >= 11 is 11.9. The molecule has 0 aliphatic rings. The topological polar surface area (TPSA) is 63.3 Å². The van der Waals surface area contributed by atoms with Crippen molar-refractivity contribution in [3.63, 3.8) is 0 Å². The third-order valence-electron chi connectivity index (χ3n) is 3.45. The fraction of sp³-hybridized carbons (Fsp3) is 0.125. The first-order valence-electron chi connectivity index (χ1n) is 6.54. The molecule has 0 aliphatic heterocycles. The first-order valence-corrected chi connectivity index (χ1v) is 7.30. The van der Waals surface area contributed by atoms with Crippen molar-refractivity contribution in [3.05, 3.63) is 52.0 Å². The fourth-order valence-electron chi connectivity index (χ4n) is 2.11. The maximum Gasteiger partial charge on any atom is 0.310 e. The van der Waals surface area contributed by atoms with Gasteiger partial charge in [0.2, 0.25) is 5.89 Å². The average Bonchev–Trinajstić information content (AvgIpc) is 2.92. The van der Waals surface area contributed by atoms with Crippen LogP contribution in [0.3, 0.4) is 0 Å². The molecule has 2 aromatic carbocycles. The number of benzene rings is 2. The number of nitrogens with zero attached hydrogens (tertiary/aromatic N) is 1. The Hall–Kier alpha value is -2.04. The van der Waals surface area contributed by atoms with E-state index in [9.17, 15) is 4.79 Å². The van der Waals surface area contributed by atoms with Gasteiger partial charge in [-0.2, -0.15) is 0 Å². The van der Waals surface area contributed by atoms with Gasteiger partial charge in [-0.3, -0.25) is 4.79 Å². The molecule has 0 spiro atoms. The second kappa shape index (κ2) is 5.63. The number of oxazole rings is 1. The SMILES string of the molecule is CC(C(=O)O)c1ccc2oc(-c3ccc(Cl)c(Cl)c3)nc2c1. The molecule has 112 valence electrons. The highest BCUT2D eigenvalue weighted by Gasteiger charge is 2.16. The summed E-state index contributed by atoms with van der Waals surface area (Å²) in [7, 11) is 0. The second-order valence-corrected chi connectivity index (χ2v) is 5.75. The van der Waals surface area contributed by atoms with Gasteiger partial charge in [0.05, 0.1) is 16.0 Å². The van der Waals surface area contributed by atoms with E-state index < -0.39 is 11.9 Å². The van der Waals surface area contributed by atoms with Crippen LogP contribution in [-0.4, -0.2) is 16.1 Å². The van der Waals surface area contributed by atoms with Gasteiger partial charge in [0.1, 0.15) is 5.52 Å². The molecule has 0 radical (unpaired) electrons. The molecule has 0 amide bonds. The van der Waals surface area contributed by atoms with Crippen LogP contribution >= 0.6 is 23.2 Å². The Bertz CT molecular complexity index is 873. The summed E-state index contributed by atoms with van der Waals surface area (Å²) < 4.78 is 5.68. The van der Waals surface area contributed by atoms with Crippen LogP contribution in [0.4, 0.5) is 0 Å². The predicted molar refractivity (Wildman–Crippen MR) is 85.5 cm³/mol. The van der Waals surface area contributed by atoms with Gasteiger partial charge < -0.3 is 9.52 Å². The zero-order chi connectivity index (χ0) is 15.9. The largest absolute Gasteiger partial charge is 0.481 e. The van der Waals surface area contributed by atoms with E-state index in [1.807, 2.05) is 0 Å². The van der Waals surface area contributed by atoms with Crippen LogP contribution in [0.15, 0.2) is 40.8 Å². The van der Waals surface area contributed by atoms with Gasteiger partial charge in [0.15, 0.2) is 5.58 Å². The first-order chi connectivity index (χ1) is 10.5. The third kappa shape index (κ3) is 2.67. The Morgan fingerprint density at radius 3 is 2.64 bits per heavy atom. The molecule has 1 N–H and O–H groups in total. The molecule has 0 saturated heterocycles. The summed E-state index contributed by atoms with van der Waals surface area (Å²) in [6.45, 7) is 1.63. The van der Waals surface area contributed by atoms with Gasteiger partial charge in [-0.25, -0.2) is 4.98 Å². The molecule has 0 saturated carbocycles. The highest BCUT2D eigenvalue weighted by Crippen LogP contribution is 2.31. The molecule has 0 aliphatic carbocycles. The van der Waals surface area contributed by atoms with Crippen LogP contribution < -0.4 is 0 Å². The summed E-state index contributed by atoms with van der Waals surface area (Å²) in [5.41, 5.74) is 2.57. The van der Waals surface area contributed by atoms with Crippen molar-refractivity contribution >= 4 is 40.3 Å². The Balaban J connectivity index is 2.06. The van der Waals surface area contributed by atoms with Crippen molar-refractivity contribution in [2.45, 2.75) is 12.8 Å². The lowest BCUT2D eigenvalue weighted by atomic mass is 10.0. The van der Waals surface area contributed by atoms with E-state index >= 15 is 0 Å². The highest BCUT2D eigenvalue weighted by molar-refractivity contribution is 6.42. The van der Waals surface area contributed by atoms with Crippen molar-refractivity contribution in [1.82, 2.24) is 4.98 Å². The van der Waals surface area contributed by atoms with Crippen LogP contribution in [-0.2, 0) is 4.79 Å². The van der Waals surface area contributed by atoms with E-state index in [0.717, 1.165) is 0 Å². The monoisotopic (exact) mass is 335 g/mol. The quantitative estimate of drug-likeness (QED) is 0.732. The van der Waals surface area contributed by atoms with E-state index in [1.54, 1.807) is 43.3 Å². The molecule has 1 aromatic heterocycles. The number of halogens is 2. The summed E-state index contributed by atoms with van der Waals surface area (Å²) in [6.07, 6.45) is 0. The molecule has 3 aromatic rings. The van der Waals surface area contributed by atoms with Crippen molar-refractivity contribution in [2.24, 2.45) is 0 Å². The number of carboxylic acids is 1. The molecule has 3 rings (SSSR count). The molecule has 22 heavy (non-hydrogen) atoms. The molecular formula is C16H11Cl2NO3. The number of fused-ring (bicyclic) bond motifs is 1. The first kappa shape index (κ1) is 14.9. The van der Waals surface area contributed by atoms with Gasteiger partial charge in [-0.05, 0) is 42.8 Å². The maximum atomic E-state index is 11.1. The summed E-state index contributed by atoms with van der Waals surface area (Å²) in [5.74, 6) is -1.07. The van der Waals surface area contributed by atoms with Crippen molar-refractivity contribution in [1.29, 1.82) is 0 Å². The van der Waals surface area contributed by atoms with E-state index in [4.69, 9.17) is 32.7 Å². The zero-order valence-corrected chi connectivity index (χ0v) is 13.0. The second-order valence-electron chi connectivity index (χ2n) is 4.93. The van der Waals surface area contributed by atoms with Gasteiger partial charge in [-0.15, -0.1) is 0 Å². The standard InChI is InChI=1S/C16H11Cl2NO3/c1-8(16(20)21)9-3-5-14-13(7-9)19-15(22-14)10-2-4-11(17)12(18)6-10/h2-8H,1H3,(H,20,21). The molecular weight excluding hydrogens is 325 g/mol. The lowest BCUT2D eigenvalue weighted by Gasteiger charge is -2.04. The number of aliphatic carboxylic acids is 1. The van der Waals surface area contributed by atoms with Crippen LogP contribution in [0.5, 0.6) is 0 Å². The van der Waals surface area contributed by atoms with Crippen LogP contribution in [0, 0.1) is 0 Å².